The second-order valence-electron chi connectivity index (χ2n) is 5.77. The maximum atomic E-state index is 12.6. The Labute approximate surface area is 163 Å². The van der Waals surface area contributed by atoms with Crippen LogP contribution in [0.3, 0.4) is 0 Å². The molecule has 0 heterocycles. The van der Waals surface area contributed by atoms with Crippen molar-refractivity contribution >= 4 is 39.3 Å². The lowest BCUT2D eigenvalue weighted by Crippen LogP contribution is -2.49. The van der Waals surface area contributed by atoms with E-state index < -0.39 is 27.7 Å². The quantitative estimate of drug-likeness (QED) is 0.462. The van der Waals surface area contributed by atoms with E-state index in [2.05, 4.69) is 10.7 Å². The molecule has 0 bridgehead atoms. The highest BCUT2D eigenvalue weighted by molar-refractivity contribution is 7.89. The number of amides is 3. The molecule has 0 aromatic heterocycles. The van der Waals surface area contributed by atoms with Crippen molar-refractivity contribution in [2.45, 2.75) is 38.6 Å². The fourth-order valence-corrected chi connectivity index (χ4v) is 4.07. The highest BCUT2D eigenvalue weighted by Gasteiger charge is 2.25. The zero-order valence-electron chi connectivity index (χ0n) is 15.5. The average molecular weight is 419 g/mol. The minimum atomic E-state index is -3.88. The van der Waals surface area contributed by atoms with E-state index in [1.54, 1.807) is 27.7 Å². The van der Waals surface area contributed by atoms with Crippen molar-refractivity contribution in [3.63, 3.8) is 0 Å². The molecule has 11 heteroatoms. The molecule has 9 nitrogen and oxygen atoms in total. The number of benzene rings is 1. The maximum Gasteiger partial charge on any atom is 0.327 e. The van der Waals surface area contributed by atoms with E-state index in [1.807, 2.05) is 5.43 Å². The van der Waals surface area contributed by atoms with Gasteiger partial charge in [-0.05, 0) is 32.0 Å². The third kappa shape index (κ3) is 5.91. The first-order valence-electron chi connectivity index (χ1n) is 8.25. The molecule has 3 amide bonds. The molecule has 0 saturated carbocycles. The Hall–Kier alpha value is -2.17. The van der Waals surface area contributed by atoms with Gasteiger partial charge in [0.25, 0.3) is 5.91 Å². The summed E-state index contributed by atoms with van der Waals surface area (Å²) < 4.78 is 26.5. The second kappa shape index (κ2) is 9.67. The molecule has 0 unspecified atom stereocenters. The van der Waals surface area contributed by atoms with Crippen LogP contribution >= 0.6 is 11.6 Å². The van der Waals surface area contributed by atoms with Gasteiger partial charge in [-0.2, -0.15) is 4.31 Å². The van der Waals surface area contributed by atoms with Crippen LogP contribution in [-0.4, -0.2) is 49.6 Å². The predicted octanol–water partition coefficient (Wildman–Crippen LogP) is 0.656. The van der Waals surface area contributed by atoms with Crippen LogP contribution in [0.2, 0.25) is 5.02 Å². The summed E-state index contributed by atoms with van der Waals surface area (Å²) in [4.78, 5) is 35.1. The van der Waals surface area contributed by atoms with Crippen LogP contribution in [0.15, 0.2) is 23.1 Å². The lowest BCUT2D eigenvalue weighted by Gasteiger charge is -2.19. The third-order valence-corrected chi connectivity index (χ3v) is 5.96. The van der Waals surface area contributed by atoms with Crippen LogP contribution in [0, 0.1) is 0 Å². The van der Waals surface area contributed by atoms with Crippen molar-refractivity contribution < 1.29 is 22.8 Å². The molecule has 0 fully saturated rings. The normalized spacial score (nSPS) is 11.4. The van der Waals surface area contributed by atoms with Crippen molar-refractivity contribution in [3.05, 3.63) is 28.8 Å². The third-order valence-electron chi connectivity index (χ3n) is 3.43. The summed E-state index contributed by atoms with van der Waals surface area (Å²) in [6.07, 6.45) is 0. The van der Waals surface area contributed by atoms with Crippen LogP contribution in [0.4, 0.5) is 0 Å². The van der Waals surface area contributed by atoms with E-state index in [1.165, 1.54) is 16.4 Å². The number of carbonyl (C=O) groups is 3. The number of hydrazine groups is 1. The standard InChI is InChI=1S/C16H23ClN4O5S/c1-5-21(6-2)27(25,26)13-9-11(7-8-12(13)17)14(22)19-20-16(24)15(23)18-10(3)4/h7-10H,5-6H2,1-4H3,(H,18,23)(H,19,22)(H,20,24). The summed E-state index contributed by atoms with van der Waals surface area (Å²) >= 11 is 6.00. The number of sulfonamides is 1. The van der Waals surface area contributed by atoms with Gasteiger partial charge < -0.3 is 5.32 Å². The number of rotatable bonds is 6. The molecule has 1 aromatic carbocycles. The molecular formula is C16H23ClN4O5S. The van der Waals surface area contributed by atoms with Gasteiger partial charge in [0, 0.05) is 24.7 Å². The molecule has 27 heavy (non-hydrogen) atoms. The second-order valence-corrected chi connectivity index (χ2v) is 8.08. The van der Waals surface area contributed by atoms with Crippen LogP contribution in [0.5, 0.6) is 0 Å². The summed E-state index contributed by atoms with van der Waals surface area (Å²) in [5, 5.41) is 2.33. The van der Waals surface area contributed by atoms with Gasteiger partial charge in [0.05, 0.1) is 5.02 Å². The molecule has 150 valence electrons. The SMILES string of the molecule is CCN(CC)S(=O)(=O)c1cc(C(=O)NNC(=O)C(=O)NC(C)C)ccc1Cl. The Morgan fingerprint density at radius 1 is 1.07 bits per heavy atom. The summed E-state index contributed by atoms with van der Waals surface area (Å²) in [7, 11) is -3.88. The Morgan fingerprint density at radius 2 is 1.67 bits per heavy atom. The largest absolute Gasteiger partial charge is 0.346 e. The molecule has 3 N–H and O–H groups in total. The average Bonchev–Trinajstić information content (AvgIpc) is 2.59. The Kier molecular flexibility index (Phi) is 8.20. The highest BCUT2D eigenvalue weighted by Crippen LogP contribution is 2.25. The molecule has 1 rings (SSSR count). The topological polar surface area (TPSA) is 125 Å². The van der Waals surface area contributed by atoms with Gasteiger partial charge in [0.15, 0.2) is 0 Å². The number of nitrogens with zero attached hydrogens (tertiary/aromatic N) is 1. The van der Waals surface area contributed by atoms with E-state index in [0.29, 0.717) is 0 Å². The zero-order chi connectivity index (χ0) is 20.8. The molecule has 1 aromatic rings. The monoisotopic (exact) mass is 418 g/mol. The number of hydrogen-bond donors (Lipinski definition) is 3. The minimum absolute atomic E-state index is 0.0289. The molecular weight excluding hydrogens is 396 g/mol. The van der Waals surface area contributed by atoms with Gasteiger partial charge in [0.1, 0.15) is 4.90 Å². The lowest BCUT2D eigenvalue weighted by atomic mass is 10.2. The maximum absolute atomic E-state index is 12.6. The van der Waals surface area contributed by atoms with Gasteiger partial charge in [-0.1, -0.05) is 25.4 Å². The smallest absolute Gasteiger partial charge is 0.327 e. The van der Waals surface area contributed by atoms with Gasteiger partial charge in [0.2, 0.25) is 10.0 Å². The van der Waals surface area contributed by atoms with Crippen molar-refractivity contribution in [2.75, 3.05) is 13.1 Å². The number of halogens is 1. The van der Waals surface area contributed by atoms with Crippen molar-refractivity contribution in [1.82, 2.24) is 20.5 Å². The first kappa shape index (κ1) is 22.9. The molecule has 0 radical (unpaired) electrons. The first-order chi connectivity index (χ1) is 12.5. The number of carbonyl (C=O) groups excluding carboxylic acids is 3. The summed E-state index contributed by atoms with van der Waals surface area (Å²) in [6.45, 7) is 7.20. The Bertz CT molecular complexity index is 822. The molecule has 0 aliphatic heterocycles. The Morgan fingerprint density at radius 3 is 2.19 bits per heavy atom. The van der Waals surface area contributed by atoms with Gasteiger partial charge in [-0.3, -0.25) is 25.2 Å². The molecule has 0 spiro atoms. The van der Waals surface area contributed by atoms with Gasteiger partial charge >= 0.3 is 11.8 Å². The van der Waals surface area contributed by atoms with Crippen molar-refractivity contribution in [2.24, 2.45) is 0 Å². The minimum Gasteiger partial charge on any atom is -0.346 e. The highest BCUT2D eigenvalue weighted by atomic mass is 35.5. The van der Waals surface area contributed by atoms with Crippen LogP contribution in [0.1, 0.15) is 38.1 Å². The summed E-state index contributed by atoms with van der Waals surface area (Å²) in [5.41, 5.74) is 3.97. The summed E-state index contributed by atoms with van der Waals surface area (Å²) in [6, 6.07) is 3.45. The van der Waals surface area contributed by atoms with E-state index >= 15 is 0 Å². The van der Waals surface area contributed by atoms with E-state index in [4.69, 9.17) is 11.6 Å². The zero-order valence-corrected chi connectivity index (χ0v) is 17.1. The predicted molar refractivity (Wildman–Crippen MR) is 100 cm³/mol. The van der Waals surface area contributed by atoms with E-state index in [-0.39, 0.29) is 34.6 Å². The number of hydrogen-bond acceptors (Lipinski definition) is 5. The van der Waals surface area contributed by atoms with E-state index in [9.17, 15) is 22.8 Å². The summed E-state index contributed by atoms with van der Waals surface area (Å²) in [5.74, 6) is -2.76. The first-order valence-corrected chi connectivity index (χ1v) is 10.1. The lowest BCUT2D eigenvalue weighted by molar-refractivity contribution is -0.139. The van der Waals surface area contributed by atoms with Gasteiger partial charge in [-0.15, -0.1) is 0 Å². The fraction of sp³-hybridized carbons (Fsp3) is 0.438. The van der Waals surface area contributed by atoms with E-state index in [0.717, 1.165) is 6.07 Å². The van der Waals surface area contributed by atoms with Crippen LogP contribution in [0.25, 0.3) is 0 Å². The van der Waals surface area contributed by atoms with Crippen molar-refractivity contribution in [1.29, 1.82) is 0 Å². The molecule has 0 aliphatic rings. The molecule has 0 aliphatic carbocycles. The van der Waals surface area contributed by atoms with Crippen LogP contribution in [-0.2, 0) is 19.6 Å². The van der Waals surface area contributed by atoms with Gasteiger partial charge in [-0.25, -0.2) is 8.42 Å². The van der Waals surface area contributed by atoms with Crippen molar-refractivity contribution in [3.8, 4) is 0 Å². The van der Waals surface area contributed by atoms with Crippen LogP contribution < -0.4 is 16.2 Å². The Balaban J connectivity index is 2.98. The molecule has 0 saturated heterocycles. The fourth-order valence-electron chi connectivity index (χ4n) is 2.12. The molecule has 0 atom stereocenters. The number of nitrogens with one attached hydrogen (secondary N) is 3.